The van der Waals surface area contributed by atoms with E-state index in [0.29, 0.717) is 11.1 Å². The SMILES string of the molecule is C#Cc1ccc(C(=O)N2C3CC2CN(c2ccc(-c4cc(-c5cnn(C)c5)cn5ncc(C#N)c45)cn2)C3)cc1. The molecule has 0 spiro atoms. The van der Waals surface area contributed by atoms with Crippen LogP contribution < -0.4 is 4.90 Å². The normalized spacial score (nSPS) is 17.8. The fourth-order valence-electron chi connectivity index (χ4n) is 5.87. The highest BCUT2D eigenvalue weighted by Crippen LogP contribution is 2.37. The van der Waals surface area contributed by atoms with Gasteiger partial charge in [-0.25, -0.2) is 9.50 Å². The molecule has 2 bridgehead atoms. The molecular weight excluding hydrogens is 500 g/mol. The van der Waals surface area contributed by atoms with E-state index in [2.05, 4.69) is 33.2 Å². The smallest absolute Gasteiger partial charge is 0.254 e. The first-order valence-electron chi connectivity index (χ1n) is 13.0. The lowest BCUT2D eigenvalue weighted by Gasteiger charge is -2.56. The number of terminal acetylenes is 1. The number of pyridine rings is 2. The third-order valence-electron chi connectivity index (χ3n) is 7.88. The number of carbonyl (C=O) groups excluding carboxylic acids is 1. The zero-order chi connectivity index (χ0) is 27.4. The molecule has 2 atom stereocenters. The molecule has 3 aliphatic heterocycles. The van der Waals surface area contributed by atoms with Crippen LogP contribution in [0.4, 0.5) is 5.82 Å². The summed E-state index contributed by atoms with van der Waals surface area (Å²) in [6.07, 6.45) is 15.6. The molecule has 0 radical (unpaired) electrons. The highest BCUT2D eigenvalue weighted by atomic mass is 16.2. The third kappa shape index (κ3) is 3.79. The molecule has 9 nitrogen and oxygen atoms in total. The average Bonchev–Trinajstić information content (AvgIpc) is 3.62. The van der Waals surface area contributed by atoms with E-state index in [0.717, 1.165) is 58.7 Å². The van der Waals surface area contributed by atoms with Crippen molar-refractivity contribution in [3.8, 4) is 40.7 Å². The fraction of sp³-hybridized carbons (Fsp3) is 0.194. The second-order valence-corrected chi connectivity index (χ2v) is 10.3. The van der Waals surface area contributed by atoms with Crippen molar-refractivity contribution in [1.29, 1.82) is 5.26 Å². The van der Waals surface area contributed by atoms with Crippen LogP contribution in [0.15, 0.2) is 73.4 Å². The van der Waals surface area contributed by atoms with Crippen LogP contribution in [0.3, 0.4) is 0 Å². The van der Waals surface area contributed by atoms with E-state index < -0.39 is 0 Å². The van der Waals surface area contributed by atoms with Crippen molar-refractivity contribution >= 4 is 17.2 Å². The molecule has 2 unspecified atom stereocenters. The number of anilines is 1. The van der Waals surface area contributed by atoms with Crippen molar-refractivity contribution < 1.29 is 4.79 Å². The lowest BCUT2D eigenvalue weighted by Crippen LogP contribution is -2.70. The number of carbonyl (C=O) groups is 1. The molecule has 4 aromatic heterocycles. The monoisotopic (exact) mass is 524 g/mol. The summed E-state index contributed by atoms with van der Waals surface area (Å²) in [6, 6.07) is 15.9. The van der Waals surface area contributed by atoms with Gasteiger partial charge < -0.3 is 9.80 Å². The summed E-state index contributed by atoms with van der Waals surface area (Å²) in [4.78, 5) is 22.2. The number of nitriles is 1. The Hall–Kier alpha value is -5.41. The molecule has 0 N–H and O–H groups in total. The second-order valence-electron chi connectivity index (χ2n) is 10.3. The number of nitrogens with zero attached hydrogens (tertiary/aromatic N) is 8. The van der Waals surface area contributed by atoms with E-state index in [4.69, 9.17) is 11.4 Å². The average molecular weight is 525 g/mol. The van der Waals surface area contributed by atoms with Crippen LogP contribution in [-0.2, 0) is 7.05 Å². The van der Waals surface area contributed by atoms with Gasteiger partial charge in [-0.05, 0) is 48.9 Å². The number of aryl methyl sites for hydroxylation is 1. The van der Waals surface area contributed by atoms with E-state index in [1.54, 1.807) is 15.4 Å². The predicted octanol–water partition coefficient (Wildman–Crippen LogP) is 3.75. The number of piperazine rings is 1. The Bertz CT molecular complexity index is 1840. The van der Waals surface area contributed by atoms with Gasteiger partial charge in [0.25, 0.3) is 5.91 Å². The van der Waals surface area contributed by atoms with E-state index in [1.165, 1.54) is 0 Å². The minimum Gasteiger partial charge on any atom is -0.352 e. The van der Waals surface area contributed by atoms with E-state index in [9.17, 15) is 10.1 Å². The van der Waals surface area contributed by atoms with Gasteiger partial charge in [0.1, 0.15) is 11.9 Å². The van der Waals surface area contributed by atoms with Crippen LogP contribution in [0.25, 0.3) is 27.8 Å². The maximum absolute atomic E-state index is 13.2. The Balaban J connectivity index is 1.14. The lowest BCUT2D eigenvalue weighted by molar-refractivity contribution is 0.00577. The van der Waals surface area contributed by atoms with Crippen molar-refractivity contribution in [3.05, 3.63) is 90.1 Å². The second kappa shape index (κ2) is 9.11. The maximum atomic E-state index is 13.2. The lowest BCUT2D eigenvalue weighted by atomic mass is 9.86. The summed E-state index contributed by atoms with van der Waals surface area (Å²) >= 11 is 0. The summed E-state index contributed by atoms with van der Waals surface area (Å²) in [5.41, 5.74) is 6.36. The number of hydrogen-bond acceptors (Lipinski definition) is 6. The number of hydrogen-bond donors (Lipinski definition) is 0. The molecule has 0 saturated carbocycles. The molecule has 0 aliphatic carbocycles. The van der Waals surface area contributed by atoms with Crippen molar-refractivity contribution in [3.63, 3.8) is 0 Å². The molecular formula is C31H24N8O. The van der Waals surface area contributed by atoms with Crippen LogP contribution in [0, 0.1) is 23.7 Å². The minimum absolute atomic E-state index is 0.0550. The van der Waals surface area contributed by atoms with Crippen molar-refractivity contribution in [2.24, 2.45) is 7.05 Å². The van der Waals surface area contributed by atoms with Gasteiger partial charge in [-0.2, -0.15) is 15.5 Å². The van der Waals surface area contributed by atoms with Gasteiger partial charge >= 0.3 is 0 Å². The zero-order valence-electron chi connectivity index (χ0n) is 21.8. The van der Waals surface area contributed by atoms with Gasteiger partial charge in [0, 0.05) is 72.1 Å². The summed E-state index contributed by atoms with van der Waals surface area (Å²) in [5, 5.41) is 18.4. The van der Waals surface area contributed by atoms with E-state index in [1.807, 2.05) is 73.1 Å². The maximum Gasteiger partial charge on any atom is 0.254 e. The van der Waals surface area contributed by atoms with Gasteiger partial charge in [0.15, 0.2) is 0 Å². The quantitative estimate of drug-likeness (QED) is 0.332. The van der Waals surface area contributed by atoms with Gasteiger partial charge in [-0.1, -0.05) is 5.92 Å². The van der Waals surface area contributed by atoms with Gasteiger partial charge in [0.2, 0.25) is 0 Å². The first-order valence-corrected chi connectivity index (χ1v) is 13.0. The minimum atomic E-state index is 0.0550. The Labute approximate surface area is 230 Å². The van der Waals surface area contributed by atoms with Gasteiger partial charge in [-0.15, -0.1) is 6.42 Å². The van der Waals surface area contributed by atoms with Crippen molar-refractivity contribution in [2.75, 3.05) is 18.0 Å². The van der Waals surface area contributed by atoms with Gasteiger partial charge in [0.05, 0.1) is 35.6 Å². The fourth-order valence-corrected chi connectivity index (χ4v) is 5.87. The van der Waals surface area contributed by atoms with E-state index in [-0.39, 0.29) is 18.0 Å². The predicted molar refractivity (Wildman–Crippen MR) is 150 cm³/mol. The molecule has 1 amide bonds. The summed E-state index contributed by atoms with van der Waals surface area (Å²) in [5.74, 6) is 3.52. The van der Waals surface area contributed by atoms with Crippen LogP contribution in [0.1, 0.15) is 27.9 Å². The van der Waals surface area contributed by atoms with Crippen LogP contribution in [0.2, 0.25) is 0 Å². The first kappa shape index (κ1) is 23.7. The largest absolute Gasteiger partial charge is 0.352 e. The molecule has 9 heteroatoms. The van der Waals surface area contributed by atoms with Crippen LogP contribution in [-0.4, -0.2) is 60.4 Å². The molecule has 7 heterocycles. The Morgan fingerprint density at radius 2 is 1.77 bits per heavy atom. The Morgan fingerprint density at radius 3 is 2.42 bits per heavy atom. The van der Waals surface area contributed by atoms with Crippen molar-refractivity contribution in [2.45, 2.75) is 18.5 Å². The van der Waals surface area contributed by atoms with E-state index >= 15 is 0 Å². The first-order chi connectivity index (χ1) is 19.5. The van der Waals surface area contributed by atoms with Crippen LogP contribution >= 0.6 is 0 Å². The van der Waals surface area contributed by atoms with Gasteiger partial charge in [-0.3, -0.25) is 9.48 Å². The third-order valence-corrected chi connectivity index (χ3v) is 7.88. The summed E-state index contributed by atoms with van der Waals surface area (Å²) in [6.45, 7) is 1.47. The molecule has 40 heavy (non-hydrogen) atoms. The van der Waals surface area contributed by atoms with Crippen LogP contribution in [0.5, 0.6) is 0 Å². The summed E-state index contributed by atoms with van der Waals surface area (Å²) in [7, 11) is 1.88. The number of aromatic nitrogens is 5. The Kier molecular flexibility index (Phi) is 5.39. The molecule has 1 aromatic carbocycles. The molecule has 3 saturated heterocycles. The topological polar surface area (TPSA) is 95.4 Å². The van der Waals surface area contributed by atoms with Crippen molar-refractivity contribution in [1.82, 2.24) is 29.3 Å². The summed E-state index contributed by atoms with van der Waals surface area (Å²) < 4.78 is 3.50. The number of rotatable bonds is 4. The number of fused-ring (bicyclic) bond motifs is 3. The zero-order valence-corrected chi connectivity index (χ0v) is 21.8. The molecule has 8 rings (SSSR count). The number of piperidine rings is 1. The standard InChI is InChI=1S/C31H24N8O/c1-3-20-4-6-21(7-5-20)31(40)39-26-11-27(39)19-37(18-26)29-9-8-22(13-33-29)28-10-23(25-15-34-36(2)16-25)17-38-30(28)24(12-32)14-35-38/h1,4-10,13-17,26-27H,11,18-19H2,2H3. The molecule has 3 aliphatic rings. The Morgan fingerprint density at radius 1 is 0.975 bits per heavy atom. The number of amides is 1. The molecule has 5 aromatic rings. The highest BCUT2D eigenvalue weighted by Gasteiger charge is 2.47. The number of benzene rings is 1. The highest BCUT2D eigenvalue weighted by molar-refractivity contribution is 5.95. The molecule has 3 fully saturated rings. The molecule has 194 valence electrons.